The van der Waals surface area contributed by atoms with Gasteiger partial charge in [0.15, 0.2) is 0 Å². The molecular weight excluding hydrogens is 195 g/mol. The number of nitrogens with one attached hydrogen (secondary N) is 2. The van der Waals surface area contributed by atoms with E-state index >= 15 is 0 Å². The molecule has 0 aromatic heterocycles. The zero-order valence-corrected chi connectivity index (χ0v) is 8.73. The van der Waals surface area contributed by atoms with E-state index in [-0.39, 0.29) is 17.8 Å². The van der Waals surface area contributed by atoms with Crippen molar-refractivity contribution in [1.29, 1.82) is 0 Å². The smallest absolute Gasteiger partial charge is 0.226 e. The van der Waals surface area contributed by atoms with Crippen molar-refractivity contribution in [3.05, 3.63) is 23.5 Å². The fourth-order valence-electron chi connectivity index (χ4n) is 1.70. The fraction of sp³-hybridized carbons (Fsp3) is 0.364. The number of hydrogen-bond acceptors (Lipinski definition) is 2. The van der Waals surface area contributed by atoms with Gasteiger partial charge in [-0.25, -0.2) is 4.39 Å². The highest BCUT2D eigenvalue weighted by atomic mass is 19.1. The second-order valence-corrected chi connectivity index (χ2v) is 3.94. The number of carbonyl (C=O) groups is 1. The first-order valence-electron chi connectivity index (χ1n) is 4.93. The maximum absolute atomic E-state index is 13.3. The van der Waals surface area contributed by atoms with Gasteiger partial charge in [-0.05, 0) is 31.5 Å². The van der Waals surface area contributed by atoms with Crippen molar-refractivity contribution in [3.8, 4) is 0 Å². The molecule has 0 aliphatic carbocycles. The molecule has 0 bridgehead atoms. The van der Waals surface area contributed by atoms with Gasteiger partial charge in [-0.15, -0.1) is 0 Å². The number of rotatable bonds is 0. The summed E-state index contributed by atoms with van der Waals surface area (Å²) in [5.41, 5.74) is 1.88. The molecule has 1 aliphatic rings. The highest BCUT2D eigenvalue weighted by molar-refractivity contribution is 5.96. The van der Waals surface area contributed by atoms with Gasteiger partial charge in [0, 0.05) is 12.5 Å². The van der Waals surface area contributed by atoms with Crippen LogP contribution < -0.4 is 10.6 Å². The number of carbonyl (C=O) groups excluding carboxylic acids is 1. The van der Waals surface area contributed by atoms with E-state index in [1.807, 2.05) is 6.92 Å². The van der Waals surface area contributed by atoms with Crippen LogP contribution in [0, 0.1) is 12.7 Å². The minimum absolute atomic E-state index is 0.0658. The van der Waals surface area contributed by atoms with Crippen molar-refractivity contribution < 1.29 is 9.18 Å². The van der Waals surface area contributed by atoms with E-state index in [9.17, 15) is 9.18 Å². The summed E-state index contributed by atoms with van der Waals surface area (Å²) in [5, 5.41) is 5.85. The van der Waals surface area contributed by atoms with Gasteiger partial charge in [-0.1, -0.05) is 0 Å². The summed E-state index contributed by atoms with van der Waals surface area (Å²) < 4.78 is 13.3. The standard InChI is InChI=1S/C11H13FN2O/c1-6-3-9-10(5-8(6)12)14-11(15)4-7(2)13-9/h3,5,7,13H,4H2,1-2H3,(H,14,15). The normalized spacial score (nSPS) is 19.9. The van der Waals surface area contributed by atoms with Crippen molar-refractivity contribution in [2.24, 2.45) is 0 Å². The summed E-state index contributed by atoms with van der Waals surface area (Å²) in [6.45, 7) is 3.63. The summed E-state index contributed by atoms with van der Waals surface area (Å²) in [5.74, 6) is -0.387. The van der Waals surface area contributed by atoms with Crippen molar-refractivity contribution in [2.45, 2.75) is 26.3 Å². The third kappa shape index (κ3) is 1.93. The van der Waals surface area contributed by atoms with E-state index < -0.39 is 0 Å². The number of halogens is 1. The number of amides is 1. The van der Waals surface area contributed by atoms with Crippen LogP contribution in [0.4, 0.5) is 15.8 Å². The summed E-state index contributed by atoms with van der Waals surface area (Å²) >= 11 is 0. The van der Waals surface area contributed by atoms with Gasteiger partial charge >= 0.3 is 0 Å². The molecule has 1 aliphatic heterocycles. The largest absolute Gasteiger partial charge is 0.380 e. The Morgan fingerprint density at radius 3 is 2.87 bits per heavy atom. The van der Waals surface area contributed by atoms with Gasteiger partial charge in [0.1, 0.15) is 5.82 Å². The minimum Gasteiger partial charge on any atom is -0.380 e. The van der Waals surface area contributed by atoms with Gasteiger partial charge in [0.05, 0.1) is 11.4 Å². The molecule has 80 valence electrons. The zero-order chi connectivity index (χ0) is 11.0. The number of aryl methyl sites for hydroxylation is 1. The van der Waals surface area contributed by atoms with Crippen LogP contribution in [-0.4, -0.2) is 11.9 Å². The van der Waals surface area contributed by atoms with Gasteiger partial charge < -0.3 is 10.6 Å². The van der Waals surface area contributed by atoms with E-state index in [2.05, 4.69) is 10.6 Å². The third-order valence-electron chi connectivity index (χ3n) is 2.47. The first-order chi connectivity index (χ1) is 7.06. The van der Waals surface area contributed by atoms with Gasteiger partial charge in [-0.2, -0.15) is 0 Å². The predicted molar refractivity (Wildman–Crippen MR) is 57.5 cm³/mol. The Labute approximate surface area is 87.7 Å². The molecule has 1 heterocycles. The van der Waals surface area contributed by atoms with Gasteiger partial charge in [-0.3, -0.25) is 4.79 Å². The molecule has 2 rings (SSSR count). The molecule has 1 amide bonds. The molecule has 0 saturated carbocycles. The Bertz CT molecular complexity index is 417. The number of fused-ring (bicyclic) bond motifs is 1. The van der Waals surface area contributed by atoms with Gasteiger partial charge in [0.2, 0.25) is 5.91 Å². The quantitative estimate of drug-likeness (QED) is 0.686. The molecule has 1 aromatic carbocycles. The van der Waals surface area contributed by atoms with E-state index in [4.69, 9.17) is 0 Å². The first-order valence-corrected chi connectivity index (χ1v) is 4.93. The molecule has 0 spiro atoms. The molecule has 4 heteroatoms. The predicted octanol–water partition coefficient (Wildman–Crippen LogP) is 2.28. The first kappa shape index (κ1) is 9.96. The molecule has 1 unspecified atom stereocenters. The van der Waals surface area contributed by atoms with Crippen LogP contribution >= 0.6 is 0 Å². The molecule has 0 fully saturated rings. The Morgan fingerprint density at radius 1 is 1.40 bits per heavy atom. The highest BCUT2D eigenvalue weighted by Gasteiger charge is 2.18. The van der Waals surface area contributed by atoms with Crippen molar-refractivity contribution in [3.63, 3.8) is 0 Å². The fourth-order valence-corrected chi connectivity index (χ4v) is 1.70. The van der Waals surface area contributed by atoms with Crippen molar-refractivity contribution in [2.75, 3.05) is 10.6 Å². The lowest BCUT2D eigenvalue weighted by Crippen LogP contribution is -2.18. The molecule has 1 aromatic rings. The van der Waals surface area contributed by atoms with Crippen molar-refractivity contribution in [1.82, 2.24) is 0 Å². The highest BCUT2D eigenvalue weighted by Crippen LogP contribution is 2.28. The van der Waals surface area contributed by atoms with Crippen LogP contribution in [0.1, 0.15) is 18.9 Å². The molecule has 2 N–H and O–H groups in total. The number of hydrogen-bond donors (Lipinski definition) is 2. The van der Waals surface area contributed by atoms with Gasteiger partial charge in [0.25, 0.3) is 0 Å². The molecular formula is C11H13FN2O. The van der Waals surface area contributed by atoms with Crippen molar-refractivity contribution >= 4 is 17.3 Å². The van der Waals surface area contributed by atoms with Crippen LogP contribution in [0.15, 0.2) is 12.1 Å². The van der Waals surface area contributed by atoms with E-state index in [0.29, 0.717) is 17.7 Å². The minimum atomic E-state index is -0.301. The number of anilines is 2. The lowest BCUT2D eigenvalue weighted by Gasteiger charge is -2.12. The van der Waals surface area contributed by atoms with Crippen LogP contribution in [0.5, 0.6) is 0 Å². The molecule has 1 atom stereocenters. The summed E-state index contributed by atoms with van der Waals surface area (Å²) in [6, 6.07) is 3.14. The topological polar surface area (TPSA) is 41.1 Å². The number of benzene rings is 1. The van der Waals surface area contributed by atoms with Crippen LogP contribution in [0.2, 0.25) is 0 Å². The van der Waals surface area contributed by atoms with E-state index in [1.165, 1.54) is 6.07 Å². The average molecular weight is 208 g/mol. The van der Waals surface area contributed by atoms with Crippen LogP contribution in [0.25, 0.3) is 0 Å². The summed E-state index contributed by atoms with van der Waals surface area (Å²) in [4.78, 5) is 11.4. The molecule has 3 nitrogen and oxygen atoms in total. The maximum Gasteiger partial charge on any atom is 0.226 e. The molecule has 0 radical (unpaired) electrons. The third-order valence-corrected chi connectivity index (χ3v) is 2.47. The average Bonchev–Trinajstić information content (AvgIpc) is 2.24. The van der Waals surface area contributed by atoms with E-state index in [0.717, 1.165) is 5.69 Å². The molecule has 15 heavy (non-hydrogen) atoms. The van der Waals surface area contributed by atoms with Crippen LogP contribution in [0.3, 0.4) is 0 Å². The Kier molecular flexibility index (Phi) is 2.34. The lowest BCUT2D eigenvalue weighted by atomic mass is 10.1. The SMILES string of the molecule is Cc1cc2c(cc1F)NC(=O)CC(C)N2. The maximum atomic E-state index is 13.3. The zero-order valence-electron chi connectivity index (χ0n) is 8.73. The Hall–Kier alpha value is -1.58. The monoisotopic (exact) mass is 208 g/mol. The summed E-state index contributed by atoms with van der Waals surface area (Å²) in [7, 11) is 0. The summed E-state index contributed by atoms with van der Waals surface area (Å²) in [6.07, 6.45) is 0.398. The Morgan fingerprint density at radius 2 is 2.13 bits per heavy atom. The molecule has 0 saturated heterocycles. The van der Waals surface area contributed by atoms with E-state index in [1.54, 1.807) is 13.0 Å². The lowest BCUT2D eigenvalue weighted by molar-refractivity contribution is -0.116. The Balaban J connectivity index is 2.46. The van der Waals surface area contributed by atoms with Crippen LogP contribution in [-0.2, 0) is 4.79 Å². The second kappa shape index (κ2) is 3.53. The second-order valence-electron chi connectivity index (χ2n) is 3.94.